The summed E-state index contributed by atoms with van der Waals surface area (Å²) in [6.45, 7) is 3.68. The minimum Gasteiger partial charge on any atom is -0.478 e. The maximum absolute atomic E-state index is 14.6. The molecular formula is C26H21ClF3N3O4S2. The highest BCUT2D eigenvalue weighted by Gasteiger charge is 2.31. The molecular weight excluding hydrogens is 575 g/mol. The highest BCUT2D eigenvalue weighted by Crippen LogP contribution is 2.38. The minimum absolute atomic E-state index is 0.0683. The number of carboxylic acids is 1. The number of imidazole rings is 1. The minimum atomic E-state index is -4.04. The predicted octanol–water partition coefficient (Wildman–Crippen LogP) is 5.91. The summed E-state index contributed by atoms with van der Waals surface area (Å²) in [6.07, 6.45) is 1.55. The Hall–Kier alpha value is -3.32. The normalized spacial score (nSPS) is 12.1. The molecule has 0 spiro atoms. The van der Waals surface area contributed by atoms with E-state index in [0.717, 1.165) is 23.9 Å². The van der Waals surface area contributed by atoms with Gasteiger partial charge in [-0.1, -0.05) is 43.3 Å². The van der Waals surface area contributed by atoms with E-state index in [4.69, 9.17) is 21.8 Å². The van der Waals surface area contributed by atoms with E-state index in [2.05, 4.69) is 4.98 Å². The Bertz CT molecular complexity index is 1670. The molecule has 0 amide bonds. The first-order chi connectivity index (χ1) is 18.2. The van der Waals surface area contributed by atoms with Crippen molar-refractivity contribution in [3.8, 4) is 5.69 Å². The fourth-order valence-corrected chi connectivity index (χ4v) is 6.09. The molecule has 4 rings (SSSR count). The van der Waals surface area contributed by atoms with Crippen LogP contribution in [0.1, 0.15) is 41.0 Å². The first-order valence-electron chi connectivity index (χ1n) is 11.2. The molecule has 13 heteroatoms. The summed E-state index contributed by atoms with van der Waals surface area (Å²) in [5, 5.41) is 14.5. The monoisotopic (exact) mass is 595 g/mol. The van der Waals surface area contributed by atoms with E-state index in [0.29, 0.717) is 22.1 Å². The number of carbonyl (C=O) groups is 1. The lowest BCUT2D eigenvalue weighted by molar-refractivity contribution is 0.0695. The molecule has 204 valence electrons. The van der Waals surface area contributed by atoms with Crippen molar-refractivity contribution in [3.63, 3.8) is 0 Å². The largest absolute Gasteiger partial charge is 0.478 e. The van der Waals surface area contributed by atoms with Gasteiger partial charge in [-0.15, -0.1) is 0 Å². The molecule has 0 aliphatic carbocycles. The zero-order chi connectivity index (χ0) is 28.7. The average molecular weight is 596 g/mol. The summed E-state index contributed by atoms with van der Waals surface area (Å²) < 4.78 is 68.2. The van der Waals surface area contributed by atoms with Gasteiger partial charge in [0.15, 0.2) is 5.16 Å². The van der Waals surface area contributed by atoms with Gasteiger partial charge in [-0.25, -0.2) is 36.5 Å². The first-order valence-corrected chi connectivity index (χ1v) is 14.1. The Kier molecular flexibility index (Phi) is 7.86. The fraction of sp³-hybridized carbons (Fsp3) is 0.154. The molecule has 7 nitrogen and oxygen atoms in total. The Labute approximate surface area is 231 Å². The summed E-state index contributed by atoms with van der Waals surface area (Å²) in [6, 6.07) is 11.4. The van der Waals surface area contributed by atoms with E-state index in [1.54, 1.807) is 16.8 Å². The number of sulfonamides is 1. The van der Waals surface area contributed by atoms with Crippen LogP contribution in [-0.4, -0.2) is 29.0 Å². The van der Waals surface area contributed by atoms with Gasteiger partial charge >= 0.3 is 5.97 Å². The zero-order valence-corrected chi connectivity index (χ0v) is 22.8. The van der Waals surface area contributed by atoms with E-state index in [-0.39, 0.29) is 21.2 Å². The Morgan fingerprint density at radius 3 is 2.23 bits per heavy atom. The SMILES string of the molecule is CC(C)(c1ccc(S(N)(=O)=O)c(Cl)c1)c1cnc(SCc2c(F)cc(C(=O)O)cc2F)n1-c1ccc(F)cc1. The highest BCUT2D eigenvalue weighted by molar-refractivity contribution is 7.98. The van der Waals surface area contributed by atoms with Gasteiger partial charge in [-0.3, -0.25) is 4.57 Å². The van der Waals surface area contributed by atoms with Crippen LogP contribution in [0.15, 0.2) is 70.8 Å². The maximum atomic E-state index is 14.6. The summed E-state index contributed by atoms with van der Waals surface area (Å²) >= 11 is 7.22. The molecule has 0 radical (unpaired) electrons. The van der Waals surface area contributed by atoms with Crippen LogP contribution < -0.4 is 5.14 Å². The van der Waals surface area contributed by atoms with Gasteiger partial charge in [0, 0.05) is 22.4 Å². The number of benzene rings is 3. The lowest BCUT2D eigenvalue weighted by Gasteiger charge is -2.28. The maximum Gasteiger partial charge on any atom is 0.335 e. The van der Waals surface area contributed by atoms with Gasteiger partial charge in [0.2, 0.25) is 10.0 Å². The van der Waals surface area contributed by atoms with Crippen LogP contribution >= 0.6 is 23.4 Å². The molecule has 0 bridgehead atoms. The smallest absolute Gasteiger partial charge is 0.335 e. The van der Waals surface area contributed by atoms with Gasteiger partial charge in [-0.2, -0.15) is 0 Å². The second kappa shape index (κ2) is 10.7. The van der Waals surface area contributed by atoms with Crippen molar-refractivity contribution in [1.82, 2.24) is 9.55 Å². The molecule has 4 aromatic rings. The van der Waals surface area contributed by atoms with E-state index in [9.17, 15) is 26.4 Å². The lowest BCUT2D eigenvalue weighted by atomic mass is 9.81. The van der Waals surface area contributed by atoms with Crippen LogP contribution in [0.2, 0.25) is 5.02 Å². The number of rotatable bonds is 8. The summed E-state index contributed by atoms with van der Waals surface area (Å²) in [4.78, 5) is 15.3. The number of carboxylic acid groups (broad SMARTS) is 1. The molecule has 39 heavy (non-hydrogen) atoms. The fourth-order valence-electron chi connectivity index (χ4n) is 3.99. The standard InChI is InChI=1S/C26H21ClF3N3O4S2/c1-26(2,15-3-8-22(19(27)11-15)39(31,36)37)23-12-32-25(33(23)17-6-4-16(28)5-7-17)38-13-18-20(29)9-14(24(34)35)10-21(18)30/h3-12H,13H2,1-2H3,(H,34,35)(H2,31,36,37). The van der Waals surface area contributed by atoms with E-state index in [1.807, 2.05) is 13.8 Å². The van der Waals surface area contributed by atoms with Crippen LogP contribution in [0.4, 0.5) is 13.2 Å². The van der Waals surface area contributed by atoms with Crippen LogP contribution in [-0.2, 0) is 21.2 Å². The van der Waals surface area contributed by atoms with Gasteiger partial charge in [0.05, 0.1) is 22.5 Å². The quantitative estimate of drug-likeness (QED) is 0.245. The number of hydrogen-bond acceptors (Lipinski definition) is 5. The van der Waals surface area contributed by atoms with Crippen molar-refractivity contribution in [2.24, 2.45) is 5.14 Å². The van der Waals surface area contributed by atoms with Crippen molar-refractivity contribution in [3.05, 3.63) is 106 Å². The summed E-state index contributed by atoms with van der Waals surface area (Å²) in [5.41, 5.74) is 0.0149. The van der Waals surface area contributed by atoms with E-state index < -0.39 is 44.4 Å². The number of halogens is 4. The number of aromatic carboxylic acids is 1. The number of aromatic nitrogens is 2. The molecule has 0 unspecified atom stereocenters. The van der Waals surface area contributed by atoms with Crippen molar-refractivity contribution < 1.29 is 31.5 Å². The first kappa shape index (κ1) is 28.7. The third kappa shape index (κ3) is 5.83. The lowest BCUT2D eigenvalue weighted by Crippen LogP contribution is -2.23. The molecule has 3 N–H and O–H groups in total. The molecule has 0 fully saturated rings. The van der Waals surface area contributed by atoms with Gasteiger partial charge < -0.3 is 5.11 Å². The molecule has 0 atom stereocenters. The summed E-state index contributed by atoms with van der Waals surface area (Å²) in [5.74, 6) is -4.16. The Balaban J connectivity index is 1.79. The van der Waals surface area contributed by atoms with Crippen molar-refractivity contribution in [1.29, 1.82) is 0 Å². The number of primary sulfonamides is 1. The molecule has 0 aliphatic rings. The molecule has 0 saturated carbocycles. The Morgan fingerprint density at radius 2 is 1.69 bits per heavy atom. The molecule has 1 aromatic heterocycles. The van der Waals surface area contributed by atoms with E-state index in [1.165, 1.54) is 36.4 Å². The summed E-state index contributed by atoms with van der Waals surface area (Å²) in [7, 11) is -4.04. The van der Waals surface area contributed by atoms with Crippen molar-refractivity contribution in [2.75, 3.05) is 0 Å². The van der Waals surface area contributed by atoms with Gasteiger partial charge in [0.25, 0.3) is 0 Å². The zero-order valence-electron chi connectivity index (χ0n) is 20.5. The number of nitrogens with zero attached hydrogens (tertiary/aromatic N) is 2. The Morgan fingerprint density at radius 1 is 1.08 bits per heavy atom. The average Bonchev–Trinajstić information content (AvgIpc) is 3.27. The number of nitrogens with two attached hydrogens (primary N) is 1. The topological polar surface area (TPSA) is 115 Å². The van der Waals surface area contributed by atoms with Crippen LogP contribution in [0.5, 0.6) is 0 Å². The number of thioether (sulfide) groups is 1. The van der Waals surface area contributed by atoms with Crippen LogP contribution in [0, 0.1) is 17.5 Å². The molecule has 0 aliphatic heterocycles. The van der Waals surface area contributed by atoms with Crippen LogP contribution in [0.3, 0.4) is 0 Å². The highest BCUT2D eigenvalue weighted by atomic mass is 35.5. The molecule has 0 saturated heterocycles. The molecule has 3 aromatic carbocycles. The third-order valence-corrected chi connectivity index (χ3v) is 8.52. The van der Waals surface area contributed by atoms with Gasteiger partial charge in [0.1, 0.15) is 22.3 Å². The third-order valence-electron chi connectivity index (χ3n) is 6.15. The van der Waals surface area contributed by atoms with E-state index >= 15 is 0 Å². The van der Waals surface area contributed by atoms with Crippen molar-refractivity contribution >= 4 is 39.4 Å². The van der Waals surface area contributed by atoms with Crippen LogP contribution in [0.25, 0.3) is 5.69 Å². The van der Waals surface area contributed by atoms with Gasteiger partial charge in [-0.05, 0) is 54.1 Å². The predicted molar refractivity (Wildman–Crippen MR) is 141 cm³/mol. The second-order valence-electron chi connectivity index (χ2n) is 9.07. The molecule has 1 heterocycles. The van der Waals surface area contributed by atoms with Crippen molar-refractivity contribution in [2.45, 2.75) is 35.1 Å². The number of hydrogen-bond donors (Lipinski definition) is 2. The second-order valence-corrected chi connectivity index (χ2v) is 11.9.